The molecule has 1 aromatic heterocycles. The van der Waals surface area contributed by atoms with E-state index in [1.807, 2.05) is 35.2 Å². The molecular formula is C34H40ClN5O5S. The summed E-state index contributed by atoms with van der Waals surface area (Å²) in [5.74, 6) is 0.278. The van der Waals surface area contributed by atoms with Crippen LogP contribution in [0.25, 0.3) is 11.0 Å². The maximum absolute atomic E-state index is 14.5. The van der Waals surface area contributed by atoms with Gasteiger partial charge < -0.3 is 14.5 Å². The number of benzene rings is 3. The second-order valence-electron chi connectivity index (χ2n) is 12.0. The number of amides is 1. The van der Waals surface area contributed by atoms with E-state index >= 15 is 0 Å². The number of carbonyl (C=O) groups is 1. The number of carbonyl (C=O) groups excluding carboxylic acids is 1. The van der Waals surface area contributed by atoms with Crippen molar-refractivity contribution in [3.8, 4) is 5.75 Å². The van der Waals surface area contributed by atoms with Crippen molar-refractivity contribution in [3.05, 3.63) is 93.9 Å². The topological polar surface area (TPSA) is 97.1 Å². The highest BCUT2D eigenvalue weighted by atomic mass is 35.5. The van der Waals surface area contributed by atoms with E-state index in [4.69, 9.17) is 16.3 Å². The quantitative estimate of drug-likeness (QED) is 0.252. The Kier molecular flexibility index (Phi) is 9.56. The zero-order chi connectivity index (χ0) is 32.4. The smallest absolute Gasteiger partial charge is 0.344 e. The van der Waals surface area contributed by atoms with Crippen molar-refractivity contribution in [1.29, 1.82) is 0 Å². The lowest BCUT2D eigenvalue weighted by atomic mass is 10.0. The van der Waals surface area contributed by atoms with Crippen LogP contribution in [0.5, 0.6) is 5.75 Å². The van der Waals surface area contributed by atoms with Crippen LogP contribution in [0, 0.1) is 0 Å². The van der Waals surface area contributed by atoms with Crippen LogP contribution >= 0.6 is 11.6 Å². The lowest BCUT2D eigenvalue weighted by molar-refractivity contribution is -0.134. The number of methoxy groups -OCH3 is 1. The van der Waals surface area contributed by atoms with Crippen LogP contribution < -0.4 is 10.4 Å². The number of nitrogens with zero attached hydrogens (tertiary/aromatic N) is 5. The van der Waals surface area contributed by atoms with Crippen LogP contribution in [-0.2, 0) is 21.2 Å². The van der Waals surface area contributed by atoms with Gasteiger partial charge in [0.1, 0.15) is 11.8 Å². The standard InChI is InChI=1S/C34H40ClN5O5S/c1-3-16-36-18-20-37(21-19-36)27-15-17-38(24-27)33(41)32(22-25-7-5-4-6-8-25)39-31-23-26(35)9-14-30(31)40(34(39)42)46(43,44)29-12-10-28(45-2)11-13-29/h4-14,23,27,32H,3,15-22,24H2,1-2H3. The Bertz CT molecular complexity index is 1850. The number of aromatic nitrogens is 2. The highest BCUT2D eigenvalue weighted by Gasteiger charge is 2.38. The van der Waals surface area contributed by atoms with Crippen molar-refractivity contribution in [2.45, 2.75) is 43.2 Å². The van der Waals surface area contributed by atoms with Crippen molar-refractivity contribution < 1.29 is 17.9 Å². The Morgan fingerprint density at radius 2 is 1.67 bits per heavy atom. The van der Waals surface area contributed by atoms with Crippen LogP contribution in [0.2, 0.25) is 5.02 Å². The molecule has 1 amide bonds. The summed E-state index contributed by atoms with van der Waals surface area (Å²) in [7, 11) is -2.86. The number of hydrogen-bond acceptors (Lipinski definition) is 7. The molecule has 3 heterocycles. The lowest BCUT2D eigenvalue weighted by Gasteiger charge is -2.38. The molecule has 0 saturated carbocycles. The molecule has 2 aliphatic heterocycles. The van der Waals surface area contributed by atoms with Gasteiger partial charge in [0.2, 0.25) is 5.91 Å². The third kappa shape index (κ3) is 6.33. The molecule has 3 aromatic carbocycles. The molecule has 2 unspecified atom stereocenters. The number of halogens is 1. The van der Waals surface area contributed by atoms with Gasteiger partial charge >= 0.3 is 5.69 Å². The Labute approximate surface area is 274 Å². The Morgan fingerprint density at radius 3 is 2.35 bits per heavy atom. The first-order chi connectivity index (χ1) is 22.2. The minimum absolute atomic E-state index is 0.0724. The van der Waals surface area contributed by atoms with E-state index in [0.29, 0.717) is 23.9 Å². The monoisotopic (exact) mass is 665 g/mol. The number of ether oxygens (including phenoxy) is 1. The van der Waals surface area contributed by atoms with Crippen molar-refractivity contribution >= 4 is 38.6 Å². The summed E-state index contributed by atoms with van der Waals surface area (Å²) in [6, 6.07) is 19.2. The number of imidazole rings is 1. The molecule has 46 heavy (non-hydrogen) atoms. The van der Waals surface area contributed by atoms with Crippen LogP contribution in [-0.4, -0.2) is 96.5 Å². The molecule has 10 nitrogen and oxygen atoms in total. The summed E-state index contributed by atoms with van der Waals surface area (Å²) in [6.07, 6.45) is 2.20. The molecule has 4 aromatic rings. The molecule has 0 radical (unpaired) electrons. The van der Waals surface area contributed by atoms with Gasteiger partial charge in [0.05, 0.1) is 23.0 Å². The van der Waals surface area contributed by atoms with E-state index in [1.54, 1.807) is 12.1 Å². The van der Waals surface area contributed by atoms with Crippen LogP contribution in [0.3, 0.4) is 0 Å². The largest absolute Gasteiger partial charge is 0.497 e. The summed E-state index contributed by atoms with van der Waals surface area (Å²) < 4.78 is 35.4. The average molecular weight is 666 g/mol. The van der Waals surface area contributed by atoms with E-state index in [0.717, 1.165) is 55.1 Å². The summed E-state index contributed by atoms with van der Waals surface area (Å²) in [5, 5.41) is 0.328. The van der Waals surface area contributed by atoms with Crippen molar-refractivity contribution in [3.63, 3.8) is 0 Å². The van der Waals surface area contributed by atoms with Gasteiger partial charge in [-0.15, -0.1) is 0 Å². The number of piperazine rings is 1. The van der Waals surface area contributed by atoms with Gasteiger partial charge in [-0.1, -0.05) is 48.9 Å². The molecule has 2 atom stereocenters. The number of fused-ring (bicyclic) bond motifs is 1. The minimum atomic E-state index is -4.35. The molecule has 244 valence electrons. The molecule has 6 rings (SSSR count). The van der Waals surface area contributed by atoms with Gasteiger partial charge in [0, 0.05) is 56.8 Å². The number of likely N-dealkylation sites (tertiary alicyclic amines) is 1. The molecule has 2 fully saturated rings. The Hall–Kier alpha value is -3.64. The van der Waals surface area contributed by atoms with Crippen molar-refractivity contribution in [2.75, 3.05) is 52.9 Å². The molecule has 0 N–H and O–H groups in total. The third-order valence-electron chi connectivity index (χ3n) is 9.20. The highest BCUT2D eigenvalue weighted by molar-refractivity contribution is 7.90. The second-order valence-corrected chi connectivity index (χ2v) is 14.3. The van der Waals surface area contributed by atoms with Crippen LogP contribution in [0.4, 0.5) is 0 Å². The number of hydrogen-bond donors (Lipinski definition) is 0. The number of rotatable bonds is 10. The fourth-order valence-corrected chi connectivity index (χ4v) is 8.36. The zero-order valence-electron chi connectivity index (χ0n) is 26.2. The minimum Gasteiger partial charge on any atom is -0.497 e. The van der Waals surface area contributed by atoms with Gasteiger partial charge in [-0.3, -0.25) is 14.3 Å². The first-order valence-corrected chi connectivity index (χ1v) is 17.6. The Morgan fingerprint density at radius 1 is 0.957 bits per heavy atom. The van der Waals surface area contributed by atoms with Crippen LogP contribution in [0.1, 0.15) is 31.4 Å². The van der Waals surface area contributed by atoms with E-state index in [9.17, 15) is 18.0 Å². The van der Waals surface area contributed by atoms with E-state index < -0.39 is 21.8 Å². The lowest BCUT2D eigenvalue weighted by Crippen LogP contribution is -2.51. The van der Waals surface area contributed by atoms with Gasteiger partial charge in [0.25, 0.3) is 10.0 Å². The van der Waals surface area contributed by atoms with Gasteiger partial charge in [-0.05, 0) is 67.4 Å². The summed E-state index contributed by atoms with van der Waals surface area (Å²) in [6.45, 7) is 8.41. The highest BCUT2D eigenvalue weighted by Crippen LogP contribution is 2.29. The molecule has 12 heteroatoms. The summed E-state index contributed by atoms with van der Waals surface area (Å²) >= 11 is 6.43. The van der Waals surface area contributed by atoms with Gasteiger partial charge in [-0.25, -0.2) is 13.2 Å². The Balaban J connectivity index is 1.39. The zero-order valence-corrected chi connectivity index (χ0v) is 27.8. The molecule has 0 spiro atoms. The SMILES string of the molecule is CCCN1CCN(C2CCN(C(=O)C(Cc3ccccc3)n3c(=O)n(S(=O)(=O)c4ccc(OC)cc4)c4ccc(Cl)cc43)C2)CC1. The molecular weight excluding hydrogens is 626 g/mol. The predicted octanol–water partition coefficient (Wildman–Crippen LogP) is 4.11. The summed E-state index contributed by atoms with van der Waals surface area (Å²) in [4.78, 5) is 35.6. The second kappa shape index (κ2) is 13.6. The van der Waals surface area contributed by atoms with Crippen molar-refractivity contribution in [2.24, 2.45) is 0 Å². The summed E-state index contributed by atoms with van der Waals surface area (Å²) in [5.41, 5.74) is 0.480. The van der Waals surface area contributed by atoms with E-state index in [-0.39, 0.29) is 34.3 Å². The van der Waals surface area contributed by atoms with Gasteiger partial charge in [-0.2, -0.15) is 3.97 Å². The first kappa shape index (κ1) is 32.3. The normalized spacial score (nSPS) is 18.7. The first-order valence-electron chi connectivity index (χ1n) is 15.8. The molecule has 0 bridgehead atoms. The fourth-order valence-electron chi connectivity index (χ4n) is 6.80. The molecule has 2 aliphatic rings. The van der Waals surface area contributed by atoms with Crippen molar-refractivity contribution in [1.82, 2.24) is 23.2 Å². The van der Waals surface area contributed by atoms with E-state index in [2.05, 4.69) is 16.7 Å². The third-order valence-corrected chi connectivity index (χ3v) is 11.1. The predicted molar refractivity (Wildman–Crippen MR) is 179 cm³/mol. The fraction of sp³-hybridized carbons (Fsp3) is 0.412. The average Bonchev–Trinajstić information content (AvgIpc) is 3.67. The molecule has 2 saturated heterocycles. The van der Waals surface area contributed by atoms with E-state index in [1.165, 1.54) is 42.0 Å². The van der Waals surface area contributed by atoms with Gasteiger partial charge in [0.15, 0.2) is 0 Å². The maximum atomic E-state index is 14.5. The molecule has 0 aliphatic carbocycles. The van der Waals surface area contributed by atoms with Crippen LogP contribution in [0.15, 0.2) is 82.5 Å². The maximum Gasteiger partial charge on any atom is 0.344 e.